The van der Waals surface area contributed by atoms with Crippen LogP contribution in [0.3, 0.4) is 0 Å². The number of carbonyl (C=O) groups excluding carboxylic acids is 2. The Balaban J connectivity index is 1.46. The molecule has 0 aliphatic carbocycles. The third-order valence-corrected chi connectivity index (χ3v) is 7.41. The van der Waals surface area contributed by atoms with E-state index >= 15 is 0 Å². The zero-order valence-electron chi connectivity index (χ0n) is 17.8. The number of benzene rings is 1. The van der Waals surface area contributed by atoms with Gasteiger partial charge in [0.25, 0.3) is 0 Å². The summed E-state index contributed by atoms with van der Waals surface area (Å²) in [7, 11) is -3.84. The van der Waals surface area contributed by atoms with Crippen molar-refractivity contribution in [3.8, 4) is 0 Å². The van der Waals surface area contributed by atoms with Gasteiger partial charge in [-0.25, -0.2) is 8.42 Å². The SMILES string of the molecule is O=C(NCCCN1CCOCC1)C(=O)NC[C@@H]1OCCCN1S(=O)(=O)c1ccc(Cl)cc1. The van der Waals surface area contributed by atoms with E-state index in [1.165, 1.54) is 28.6 Å². The van der Waals surface area contributed by atoms with E-state index in [4.69, 9.17) is 21.1 Å². The van der Waals surface area contributed by atoms with Crippen molar-refractivity contribution in [2.45, 2.75) is 24.0 Å². The smallest absolute Gasteiger partial charge is 0.309 e. The van der Waals surface area contributed by atoms with E-state index in [0.717, 1.165) is 26.1 Å². The monoisotopic (exact) mass is 488 g/mol. The molecule has 2 aliphatic rings. The van der Waals surface area contributed by atoms with Crippen LogP contribution < -0.4 is 10.6 Å². The maximum atomic E-state index is 13.0. The van der Waals surface area contributed by atoms with Crippen LogP contribution in [0.2, 0.25) is 5.02 Å². The molecule has 3 rings (SSSR count). The number of hydrogen-bond donors (Lipinski definition) is 2. The lowest BCUT2D eigenvalue weighted by Gasteiger charge is -2.34. The highest BCUT2D eigenvalue weighted by Gasteiger charge is 2.34. The zero-order valence-corrected chi connectivity index (χ0v) is 19.4. The molecule has 0 bridgehead atoms. The van der Waals surface area contributed by atoms with Crippen molar-refractivity contribution < 1.29 is 27.5 Å². The van der Waals surface area contributed by atoms with Crippen LogP contribution in [0.4, 0.5) is 0 Å². The second-order valence-electron chi connectivity index (χ2n) is 7.52. The van der Waals surface area contributed by atoms with Crippen molar-refractivity contribution in [3.05, 3.63) is 29.3 Å². The van der Waals surface area contributed by atoms with E-state index in [9.17, 15) is 18.0 Å². The average molecular weight is 489 g/mol. The Bertz CT molecular complexity index is 877. The van der Waals surface area contributed by atoms with Crippen molar-refractivity contribution in [2.75, 3.05) is 59.1 Å². The first kappa shape index (κ1) is 24.9. The number of amides is 2. The number of carbonyl (C=O) groups is 2. The quantitative estimate of drug-likeness (QED) is 0.391. The maximum Gasteiger partial charge on any atom is 0.309 e. The molecule has 2 saturated heterocycles. The Morgan fingerprint density at radius 2 is 1.72 bits per heavy atom. The summed E-state index contributed by atoms with van der Waals surface area (Å²) in [6, 6.07) is 5.84. The number of morpholine rings is 1. The third kappa shape index (κ3) is 6.87. The van der Waals surface area contributed by atoms with Crippen LogP contribution in [0.1, 0.15) is 12.8 Å². The van der Waals surface area contributed by atoms with Gasteiger partial charge in [-0.15, -0.1) is 0 Å². The van der Waals surface area contributed by atoms with Crippen LogP contribution in [0.15, 0.2) is 29.2 Å². The first-order valence-corrected chi connectivity index (χ1v) is 12.4. The molecule has 0 radical (unpaired) electrons. The third-order valence-electron chi connectivity index (χ3n) is 5.26. The molecule has 0 spiro atoms. The minimum atomic E-state index is -3.84. The van der Waals surface area contributed by atoms with Gasteiger partial charge in [0.15, 0.2) is 0 Å². The van der Waals surface area contributed by atoms with Gasteiger partial charge in [0.2, 0.25) is 10.0 Å². The van der Waals surface area contributed by atoms with E-state index in [1.54, 1.807) is 0 Å². The summed E-state index contributed by atoms with van der Waals surface area (Å²) in [6.45, 7) is 4.83. The van der Waals surface area contributed by atoms with Gasteiger partial charge in [0, 0.05) is 31.2 Å². The lowest BCUT2D eigenvalue weighted by atomic mass is 10.3. The first-order chi connectivity index (χ1) is 15.4. The number of ether oxygens (including phenoxy) is 2. The molecule has 0 saturated carbocycles. The van der Waals surface area contributed by atoms with Gasteiger partial charge in [-0.1, -0.05) is 11.6 Å². The van der Waals surface area contributed by atoms with Crippen molar-refractivity contribution in [1.82, 2.24) is 19.8 Å². The second-order valence-corrected chi connectivity index (χ2v) is 9.85. The van der Waals surface area contributed by atoms with Crippen LogP contribution in [0.5, 0.6) is 0 Å². The van der Waals surface area contributed by atoms with E-state index in [1.807, 2.05) is 0 Å². The lowest BCUT2D eigenvalue weighted by Crippen LogP contribution is -2.53. The Morgan fingerprint density at radius 1 is 1.03 bits per heavy atom. The molecule has 178 valence electrons. The fourth-order valence-electron chi connectivity index (χ4n) is 3.51. The van der Waals surface area contributed by atoms with Crippen LogP contribution in [0, 0.1) is 0 Å². The number of nitrogens with one attached hydrogen (secondary N) is 2. The Labute approximate surface area is 193 Å². The molecule has 2 N–H and O–H groups in total. The van der Waals surface area contributed by atoms with Gasteiger partial charge >= 0.3 is 11.8 Å². The number of rotatable bonds is 8. The fourth-order valence-corrected chi connectivity index (χ4v) is 5.21. The van der Waals surface area contributed by atoms with Crippen LogP contribution >= 0.6 is 11.6 Å². The van der Waals surface area contributed by atoms with Crippen molar-refractivity contribution in [2.24, 2.45) is 0 Å². The van der Waals surface area contributed by atoms with Gasteiger partial charge in [-0.2, -0.15) is 4.31 Å². The fraction of sp³-hybridized carbons (Fsp3) is 0.600. The van der Waals surface area contributed by atoms with Crippen molar-refractivity contribution in [1.29, 1.82) is 0 Å². The molecule has 2 aliphatic heterocycles. The van der Waals surface area contributed by atoms with Gasteiger partial charge < -0.3 is 20.1 Å². The maximum absolute atomic E-state index is 13.0. The van der Waals surface area contributed by atoms with E-state index < -0.39 is 28.1 Å². The van der Waals surface area contributed by atoms with Gasteiger partial charge in [0.05, 0.1) is 31.3 Å². The molecule has 0 unspecified atom stereocenters. The lowest BCUT2D eigenvalue weighted by molar-refractivity contribution is -0.140. The predicted octanol–water partition coefficient (Wildman–Crippen LogP) is 0.0318. The summed E-state index contributed by atoms with van der Waals surface area (Å²) in [5.41, 5.74) is 0. The standard InChI is InChI=1S/C20H29ClN4O6S/c21-16-3-5-17(6-4-16)32(28,29)25-9-2-12-31-18(25)15-23-20(27)19(26)22-7-1-8-24-10-13-30-14-11-24/h3-6,18H,1-2,7-15H2,(H,22,26)(H,23,27)/t18-/m0/s1. The van der Waals surface area contributed by atoms with E-state index in [2.05, 4.69) is 15.5 Å². The largest absolute Gasteiger partial charge is 0.379 e. The first-order valence-electron chi connectivity index (χ1n) is 10.6. The summed E-state index contributed by atoms with van der Waals surface area (Å²) >= 11 is 5.85. The summed E-state index contributed by atoms with van der Waals surface area (Å²) in [5.74, 6) is -1.58. The molecule has 2 heterocycles. The highest BCUT2D eigenvalue weighted by molar-refractivity contribution is 7.89. The van der Waals surface area contributed by atoms with Crippen LogP contribution in [0.25, 0.3) is 0 Å². The summed E-state index contributed by atoms with van der Waals surface area (Å²) in [5, 5.41) is 5.49. The topological polar surface area (TPSA) is 117 Å². The number of hydrogen-bond acceptors (Lipinski definition) is 7. The molecule has 32 heavy (non-hydrogen) atoms. The van der Waals surface area contributed by atoms with Crippen molar-refractivity contribution >= 4 is 33.4 Å². The number of sulfonamides is 1. The predicted molar refractivity (Wildman–Crippen MR) is 118 cm³/mol. The van der Waals surface area contributed by atoms with Crippen LogP contribution in [-0.4, -0.2) is 94.8 Å². The summed E-state index contributed by atoms with van der Waals surface area (Å²) < 4.78 is 38.0. The molecule has 12 heteroatoms. The zero-order chi connectivity index (χ0) is 23.0. The second kappa shape index (κ2) is 11.9. The molecular formula is C20H29ClN4O6S. The average Bonchev–Trinajstić information content (AvgIpc) is 2.81. The van der Waals surface area contributed by atoms with Crippen molar-refractivity contribution in [3.63, 3.8) is 0 Å². The molecule has 2 fully saturated rings. The summed E-state index contributed by atoms with van der Waals surface area (Å²) in [4.78, 5) is 26.5. The summed E-state index contributed by atoms with van der Waals surface area (Å²) in [6.07, 6.45) is 0.348. The molecule has 1 aromatic rings. The Kier molecular flexibility index (Phi) is 9.26. The molecule has 10 nitrogen and oxygen atoms in total. The Hall–Kier alpha value is -1.76. The highest BCUT2D eigenvalue weighted by atomic mass is 35.5. The minimum Gasteiger partial charge on any atom is -0.379 e. The van der Waals surface area contributed by atoms with Gasteiger partial charge in [0.1, 0.15) is 6.23 Å². The van der Waals surface area contributed by atoms with Gasteiger partial charge in [-0.05, 0) is 43.7 Å². The van der Waals surface area contributed by atoms with Crippen LogP contribution in [-0.2, 0) is 29.1 Å². The molecule has 0 aromatic heterocycles. The number of halogens is 1. The molecule has 2 amide bonds. The normalized spacial score (nSPS) is 20.6. The number of nitrogens with zero attached hydrogens (tertiary/aromatic N) is 2. The van der Waals surface area contributed by atoms with E-state index in [-0.39, 0.29) is 18.0 Å². The van der Waals surface area contributed by atoms with Gasteiger partial charge in [-0.3, -0.25) is 14.5 Å². The minimum absolute atomic E-state index is 0.0849. The molecular weight excluding hydrogens is 460 g/mol. The Morgan fingerprint density at radius 3 is 2.44 bits per heavy atom. The highest BCUT2D eigenvalue weighted by Crippen LogP contribution is 2.23. The molecule has 1 aromatic carbocycles. The van der Waals surface area contributed by atoms with E-state index in [0.29, 0.717) is 37.8 Å². The molecule has 1 atom stereocenters.